The standard InChI is InChI=1S/C23H23N3O4S/c1-23(2)17-10-13(6-7-19(17)26(3)21(23)28)18-12-31-22(24-18)25-20(27)14-8-15(29-4)11-16(9-14)30-5/h6-12H,1-5H3,(H,24,25,27). The molecule has 1 N–H and O–H groups in total. The highest BCUT2D eigenvalue weighted by molar-refractivity contribution is 7.14. The Morgan fingerprint density at radius 1 is 1.10 bits per heavy atom. The molecule has 1 aromatic heterocycles. The summed E-state index contributed by atoms with van der Waals surface area (Å²) in [5.41, 5.74) is 3.35. The molecule has 3 aromatic rings. The lowest BCUT2D eigenvalue weighted by Crippen LogP contribution is -2.33. The normalized spacial score (nSPS) is 14.4. The number of benzene rings is 2. The average Bonchev–Trinajstić information content (AvgIpc) is 3.31. The zero-order valence-corrected chi connectivity index (χ0v) is 18.8. The summed E-state index contributed by atoms with van der Waals surface area (Å²) in [4.78, 5) is 31.5. The van der Waals surface area contributed by atoms with Crippen LogP contribution in [0.3, 0.4) is 0 Å². The van der Waals surface area contributed by atoms with Crippen LogP contribution in [0, 0.1) is 0 Å². The first kappa shape index (κ1) is 20.9. The number of fused-ring (bicyclic) bond motifs is 1. The molecule has 7 nitrogen and oxygen atoms in total. The summed E-state index contributed by atoms with van der Waals surface area (Å²) in [5.74, 6) is 0.828. The maximum Gasteiger partial charge on any atom is 0.257 e. The van der Waals surface area contributed by atoms with E-state index in [0.29, 0.717) is 22.2 Å². The van der Waals surface area contributed by atoms with Gasteiger partial charge in [-0.2, -0.15) is 0 Å². The molecule has 0 unspecified atom stereocenters. The first-order valence-corrected chi connectivity index (χ1v) is 10.6. The van der Waals surface area contributed by atoms with Crippen molar-refractivity contribution < 1.29 is 19.1 Å². The lowest BCUT2D eigenvalue weighted by Gasteiger charge is -2.16. The van der Waals surface area contributed by atoms with Gasteiger partial charge in [-0.15, -0.1) is 11.3 Å². The fraction of sp³-hybridized carbons (Fsp3) is 0.261. The molecule has 0 radical (unpaired) electrons. The second kappa shape index (κ2) is 7.70. The Morgan fingerprint density at radius 2 is 1.77 bits per heavy atom. The average molecular weight is 438 g/mol. The number of nitrogens with one attached hydrogen (secondary N) is 1. The molecule has 160 valence electrons. The number of ether oxygens (including phenoxy) is 2. The van der Waals surface area contributed by atoms with Gasteiger partial charge in [0.25, 0.3) is 5.91 Å². The fourth-order valence-corrected chi connectivity index (χ4v) is 4.42. The lowest BCUT2D eigenvalue weighted by atomic mass is 9.85. The number of methoxy groups -OCH3 is 2. The van der Waals surface area contributed by atoms with Gasteiger partial charge in [0, 0.05) is 35.3 Å². The van der Waals surface area contributed by atoms with E-state index in [-0.39, 0.29) is 11.8 Å². The Labute approximate surface area is 184 Å². The van der Waals surface area contributed by atoms with E-state index in [2.05, 4.69) is 10.3 Å². The number of carbonyl (C=O) groups is 2. The van der Waals surface area contributed by atoms with Crippen molar-refractivity contribution in [3.8, 4) is 22.8 Å². The molecule has 2 aromatic carbocycles. The van der Waals surface area contributed by atoms with Gasteiger partial charge in [-0.05, 0) is 43.7 Å². The van der Waals surface area contributed by atoms with E-state index in [1.807, 2.05) is 37.4 Å². The molecule has 0 spiro atoms. The summed E-state index contributed by atoms with van der Waals surface area (Å²) in [7, 11) is 4.86. The minimum absolute atomic E-state index is 0.0691. The van der Waals surface area contributed by atoms with E-state index >= 15 is 0 Å². The highest BCUT2D eigenvalue weighted by Gasteiger charge is 2.42. The van der Waals surface area contributed by atoms with Crippen molar-refractivity contribution in [2.24, 2.45) is 0 Å². The van der Waals surface area contributed by atoms with Crippen molar-refractivity contribution in [1.29, 1.82) is 0 Å². The van der Waals surface area contributed by atoms with Crippen molar-refractivity contribution in [3.05, 3.63) is 52.9 Å². The summed E-state index contributed by atoms with van der Waals surface area (Å²) >= 11 is 1.34. The van der Waals surface area contributed by atoms with Crippen molar-refractivity contribution in [2.75, 3.05) is 31.5 Å². The maximum atomic E-state index is 12.7. The molecule has 0 bridgehead atoms. The lowest BCUT2D eigenvalue weighted by molar-refractivity contribution is -0.121. The van der Waals surface area contributed by atoms with Crippen molar-refractivity contribution in [3.63, 3.8) is 0 Å². The van der Waals surface area contributed by atoms with Crippen LogP contribution in [0.4, 0.5) is 10.8 Å². The zero-order chi connectivity index (χ0) is 22.3. The summed E-state index contributed by atoms with van der Waals surface area (Å²) in [6, 6.07) is 10.9. The third-order valence-electron chi connectivity index (χ3n) is 5.50. The van der Waals surface area contributed by atoms with Gasteiger partial charge < -0.3 is 14.4 Å². The molecule has 8 heteroatoms. The SMILES string of the molecule is COc1cc(OC)cc(C(=O)Nc2nc(-c3ccc4c(c3)C(C)(C)C(=O)N4C)cs2)c1. The summed E-state index contributed by atoms with van der Waals surface area (Å²) in [5, 5.41) is 5.20. The van der Waals surface area contributed by atoms with E-state index in [1.54, 1.807) is 30.1 Å². The number of rotatable bonds is 5. The number of aromatic nitrogens is 1. The van der Waals surface area contributed by atoms with Gasteiger partial charge in [0.1, 0.15) is 11.5 Å². The van der Waals surface area contributed by atoms with E-state index in [0.717, 1.165) is 22.5 Å². The fourth-order valence-electron chi connectivity index (χ4n) is 3.70. The number of thiazole rings is 1. The highest BCUT2D eigenvalue weighted by Crippen LogP contribution is 2.42. The van der Waals surface area contributed by atoms with Crippen molar-refractivity contribution in [2.45, 2.75) is 19.3 Å². The molecule has 2 amide bonds. The van der Waals surface area contributed by atoms with E-state index < -0.39 is 5.41 Å². The molecule has 0 fully saturated rings. The predicted octanol–water partition coefficient (Wildman–Crippen LogP) is 4.33. The number of likely N-dealkylation sites (N-methyl/N-ethyl adjacent to an activating group) is 1. The largest absolute Gasteiger partial charge is 0.497 e. The summed E-state index contributed by atoms with van der Waals surface area (Å²) < 4.78 is 10.5. The van der Waals surface area contributed by atoms with Crippen LogP contribution in [0.25, 0.3) is 11.3 Å². The van der Waals surface area contributed by atoms with E-state index in [9.17, 15) is 9.59 Å². The number of carbonyl (C=O) groups excluding carboxylic acids is 2. The molecule has 4 rings (SSSR count). The molecule has 1 aliphatic rings. The number of nitrogens with zero attached hydrogens (tertiary/aromatic N) is 2. The number of hydrogen-bond acceptors (Lipinski definition) is 6. The van der Waals surface area contributed by atoms with Crippen molar-refractivity contribution >= 4 is 34.0 Å². The van der Waals surface area contributed by atoms with Crippen LogP contribution in [0.5, 0.6) is 11.5 Å². The van der Waals surface area contributed by atoms with Crippen LogP contribution < -0.4 is 19.7 Å². The molecule has 0 saturated heterocycles. The van der Waals surface area contributed by atoms with E-state index in [4.69, 9.17) is 9.47 Å². The molecule has 0 atom stereocenters. The quantitative estimate of drug-likeness (QED) is 0.642. The van der Waals surface area contributed by atoms with Gasteiger partial charge in [0.15, 0.2) is 5.13 Å². The van der Waals surface area contributed by atoms with Gasteiger partial charge in [-0.25, -0.2) is 4.98 Å². The summed E-state index contributed by atoms with van der Waals surface area (Å²) in [6.07, 6.45) is 0. The zero-order valence-electron chi connectivity index (χ0n) is 18.0. The van der Waals surface area contributed by atoms with Crippen LogP contribution in [-0.2, 0) is 10.2 Å². The Kier molecular flexibility index (Phi) is 5.18. The van der Waals surface area contributed by atoms with Crippen LogP contribution in [-0.4, -0.2) is 38.1 Å². The minimum atomic E-state index is -0.585. The van der Waals surface area contributed by atoms with Crippen LogP contribution >= 0.6 is 11.3 Å². The third-order valence-corrected chi connectivity index (χ3v) is 6.26. The smallest absolute Gasteiger partial charge is 0.257 e. The van der Waals surface area contributed by atoms with Gasteiger partial charge in [-0.3, -0.25) is 14.9 Å². The second-order valence-electron chi connectivity index (χ2n) is 7.81. The third kappa shape index (κ3) is 3.63. The summed E-state index contributed by atoms with van der Waals surface area (Å²) in [6.45, 7) is 3.85. The number of anilines is 2. The van der Waals surface area contributed by atoms with Gasteiger partial charge in [0.05, 0.1) is 25.3 Å². The van der Waals surface area contributed by atoms with E-state index in [1.165, 1.54) is 25.6 Å². The first-order chi connectivity index (χ1) is 14.7. The Hall–Kier alpha value is -3.39. The molecular weight excluding hydrogens is 414 g/mol. The predicted molar refractivity (Wildman–Crippen MR) is 121 cm³/mol. The Bertz CT molecular complexity index is 1160. The molecule has 2 heterocycles. The monoisotopic (exact) mass is 437 g/mol. The Morgan fingerprint density at radius 3 is 2.42 bits per heavy atom. The number of hydrogen-bond donors (Lipinski definition) is 1. The Balaban J connectivity index is 1.58. The second-order valence-corrected chi connectivity index (χ2v) is 8.67. The van der Waals surface area contributed by atoms with Crippen LogP contribution in [0.15, 0.2) is 41.8 Å². The van der Waals surface area contributed by atoms with Gasteiger partial charge in [0.2, 0.25) is 5.91 Å². The molecule has 0 saturated carbocycles. The molecule has 1 aliphatic heterocycles. The number of amides is 2. The molecule has 0 aliphatic carbocycles. The maximum absolute atomic E-state index is 12.7. The molecular formula is C23H23N3O4S. The molecule has 31 heavy (non-hydrogen) atoms. The van der Waals surface area contributed by atoms with Crippen molar-refractivity contribution in [1.82, 2.24) is 4.98 Å². The van der Waals surface area contributed by atoms with Gasteiger partial charge in [-0.1, -0.05) is 6.07 Å². The van der Waals surface area contributed by atoms with Crippen LogP contribution in [0.1, 0.15) is 29.8 Å². The highest BCUT2D eigenvalue weighted by atomic mass is 32.1. The topological polar surface area (TPSA) is 80.8 Å². The van der Waals surface area contributed by atoms with Gasteiger partial charge >= 0.3 is 0 Å². The first-order valence-electron chi connectivity index (χ1n) is 9.67. The minimum Gasteiger partial charge on any atom is -0.497 e. The van der Waals surface area contributed by atoms with Crippen LogP contribution in [0.2, 0.25) is 0 Å².